The van der Waals surface area contributed by atoms with Crippen LogP contribution in [0.1, 0.15) is 11.1 Å². The Kier molecular flexibility index (Phi) is 4.42. The summed E-state index contributed by atoms with van der Waals surface area (Å²) < 4.78 is 6.00. The second kappa shape index (κ2) is 7.21. The Labute approximate surface area is 169 Å². The van der Waals surface area contributed by atoms with Crippen LogP contribution in [0.25, 0.3) is 11.1 Å². The summed E-state index contributed by atoms with van der Waals surface area (Å²) in [5.74, 6) is 0.917. The Bertz CT molecular complexity index is 1070. The summed E-state index contributed by atoms with van der Waals surface area (Å²) in [6, 6.07) is 34.8. The number of aryl methyl sites for hydroxylation is 1. The molecular formula is C26H22OS. The molecule has 0 saturated carbocycles. The van der Waals surface area contributed by atoms with Gasteiger partial charge in [0.15, 0.2) is 0 Å². The number of ether oxygens (including phenoxy) is 1. The fraction of sp³-hybridized carbons (Fsp3) is 0.0769. The molecule has 0 amide bonds. The van der Waals surface area contributed by atoms with Crippen LogP contribution in [-0.2, 0) is 6.61 Å². The highest BCUT2D eigenvalue weighted by Gasteiger charge is 2.26. The van der Waals surface area contributed by atoms with Crippen LogP contribution in [0.3, 0.4) is 0 Å². The van der Waals surface area contributed by atoms with E-state index in [1.807, 2.05) is 0 Å². The third-order valence-electron chi connectivity index (χ3n) is 5.20. The average Bonchev–Trinajstić information content (AvgIpc) is 3.08. The summed E-state index contributed by atoms with van der Waals surface area (Å²) in [6.45, 7) is 2.70. The van der Waals surface area contributed by atoms with Gasteiger partial charge in [-0.1, -0.05) is 66.2 Å². The minimum absolute atomic E-state index is 0.497. The first-order valence-electron chi connectivity index (χ1n) is 9.56. The van der Waals surface area contributed by atoms with Crippen molar-refractivity contribution in [2.24, 2.45) is 0 Å². The average molecular weight is 383 g/mol. The van der Waals surface area contributed by atoms with Gasteiger partial charge in [0.05, 0.1) is 0 Å². The van der Waals surface area contributed by atoms with Crippen molar-refractivity contribution in [2.45, 2.75) is 28.2 Å². The van der Waals surface area contributed by atoms with E-state index in [-0.39, 0.29) is 0 Å². The van der Waals surface area contributed by atoms with Gasteiger partial charge in [0.2, 0.25) is 0 Å². The van der Waals surface area contributed by atoms with E-state index < -0.39 is 10.9 Å². The quantitative estimate of drug-likeness (QED) is 0.328. The summed E-state index contributed by atoms with van der Waals surface area (Å²) in [5.41, 5.74) is 5.22. The second-order valence-corrected chi connectivity index (χ2v) is 9.29. The van der Waals surface area contributed by atoms with E-state index in [1.165, 1.54) is 36.9 Å². The van der Waals surface area contributed by atoms with Gasteiger partial charge in [-0.25, -0.2) is 0 Å². The van der Waals surface area contributed by atoms with Crippen molar-refractivity contribution < 1.29 is 4.74 Å². The largest absolute Gasteiger partial charge is 0.489 e. The van der Waals surface area contributed by atoms with Gasteiger partial charge in [0.25, 0.3) is 0 Å². The normalized spacial score (nSPS) is 13.1. The molecule has 1 nitrogen and oxygen atoms in total. The molecule has 4 aromatic carbocycles. The van der Waals surface area contributed by atoms with E-state index in [4.69, 9.17) is 4.74 Å². The molecule has 0 radical (unpaired) electrons. The highest BCUT2D eigenvalue weighted by Crippen LogP contribution is 2.62. The standard InChI is InChI=1S/C26H22OS/c1-19-10-12-20(13-11-19)18-27-21-14-16-22(17-15-21)28-25-8-4-2-6-23(25)24-7-3-5-9-26(24)28/h2-17,28H,18H2,1H3. The van der Waals surface area contributed by atoms with Crippen LogP contribution in [0, 0.1) is 6.92 Å². The van der Waals surface area contributed by atoms with Crippen molar-refractivity contribution in [1.82, 2.24) is 0 Å². The van der Waals surface area contributed by atoms with E-state index in [0.29, 0.717) is 6.61 Å². The predicted octanol–water partition coefficient (Wildman–Crippen LogP) is 7.03. The van der Waals surface area contributed by atoms with Crippen LogP contribution < -0.4 is 4.74 Å². The first kappa shape index (κ1) is 17.2. The zero-order chi connectivity index (χ0) is 18.9. The van der Waals surface area contributed by atoms with E-state index >= 15 is 0 Å². The zero-order valence-corrected chi connectivity index (χ0v) is 16.7. The minimum atomic E-state index is -0.497. The molecule has 0 N–H and O–H groups in total. The molecular weight excluding hydrogens is 360 g/mol. The van der Waals surface area contributed by atoms with Crippen LogP contribution >= 0.6 is 10.9 Å². The van der Waals surface area contributed by atoms with Crippen LogP contribution in [0.2, 0.25) is 0 Å². The van der Waals surface area contributed by atoms with Gasteiger partial charge in [-0.3, -0.25) is 0 Å². The Morgan fingerprint density at radius 2 is 1.21 bits per heavy atom. The molecule has 0 fully saturated rings. The van der Waals surface area contributed by atoms with E-state index in [1.54, 1.807) is 0 Å². The van der Waals surface area contributed by atoms with Crippen molar-refractivity contribution in [2.75, 3.05) is 0 Å². The minimum Gasteiger partial charge on any atom is -0.489 e. The van der Waals surface area contributed by atoms with E-state index in [2.05, 4.69) is 104 Å². The molecule has 0 atom stereocenters. The van der Waals surface area contributed by atoms with Crippen molar-refractivity contribution in [3.63, 3.8) is 0 Å². The molecule has 1 heterocycles. The molecule has 28 heavy (non-hydrogen) atoms. The smallest absolute Gasteiger partial charge is 0.119 e. The molecule has 2 heteroatoms. The molecule has 0 unspecified atom stereocenters. The lowest BCUT2D eigenvalue weighted by Gasteiger charge is -2.19. The summed E-state index contributed by atoms with van der Waals surface area (Å²) in [7, 11) is -0.497. The second-order valence-electron chi connectivity index (χ2n) is 7.14. The van der Waals surface area contributed by atoms with Crippen LogP contribution in [-0.4, -0.2) is 0 Å². The lowest BCUT2D eigenvalue weighted by atomic mass is 10.1. The predicted molar refractivity (Wildman–Crippen MR) is 118 cm³/mol. The molecule has 0 bridgehead atoms. The Morgan fingerprint density at radius 1 is 0.643 bits per heavy atom. The van der Waals surface area contributed by atoms with Gasteiger partial charge in [0, 0.05) is 9.79 Å². The van der Waals surface area contributed by atoms with Gasteiger partial charge in [-0.15, -0.1) is 0 Å². The monoisotopic (exact) mass is 382 g/mol. The Morgan fingerprint density at radius 3 is 1.82 bits per heavy atom. The Balaban J connectivity index is 1.41. The maximum absolute atomic E-state index is 6.00. The van der Waals surface area contributed by atoms with E-state index in [9.17, 15) is 0 Å². The number of hydrogen-bond acceptors (Lipinski definition) is 1. The molecule has 0 saturated heterocycles. The summed E-state index contributed by atoms with van der Waals surface area (Å²) in [6.07, 6.45) is 0. The van der Waals surface area contributed by atoms with E-state index in [0.717, 1.165) is 5.75 Å². The molecule has 0 aliphatic carbocycles. The topological polar surface area (TPSA) is 9.23 Å². The molecule has 138 valence electrons. The molecule has 4 aromatic rings. The lowest BCUT2D eigenvalue weighted by molar-refractivity contribution is 0.306. The van der Waals surface area contributed by atoms with Gasteiger partial charge in [0.1, 0.15) is 12.4 Å². The summed E-state index contributed by atoms with van der Waals surface area (Å²) in [4.78, 5) is 4.27. The number of rotatable bonds is 4. The summed E-state index contributed by atoms with van der Waals surface area (Å²) >= 11 is 0. The van der Waals surface area contributed by atoms with Crippen molar-refractivity contribution in [1.29, 1.82) is 0 Å². The maximum Gasteiger partial charge on any atom is 0.119 e. The first-order valence-corrected chi connectivity index (χ1v) is 10.9. The highest BCUT2D eigenvalue weighted by molar-refractivity contribution is 8.17. The number of benzene rings is 4. The fourth-order valence-electron chi connectivity index (χ4n) is 3.74. The molecule has 1 aliphatic heterocycles. The van der Waals surface area contributed by atoms with Gasteiger partial charge >= 0.3 is 0 Å². The molecule has 1 aliphatic rings. The fourth-order valence-corrected chi connectivity index (χ4v) is 6.35. The van der Waals surface area contributed by atoms with Gasteiger partial charge in [-0.2, -0.15) is 10.9 Å². The van der Waals surface area contributed by atoms with Crippen LogP contribution in [0.5, 0.6) is 5.75 Å². The number of fused-ring (bicyclic) bond motifs is 3. The Hall–Kier alpha value is -2.97. The SMILES string of the molecule is Cc1ccc(COc2ccc([SH]3c4ccccc4-c4ccccc43)cc2)cc1. The van der Waals surface area contributed by atoms with Crippen LogP contribution in [0.15, 0.2) is 112 Å². The third kappa shape index (κ3) is 3.10. The maximum atomic E-state index is 6.00. The van der Waals surface area contributed by atoms with Crippen molar-refractivity contribution >= 4 is 10.9 Å². The zero-order valence-electron chi connectivity index (χ0n) is 15.8. The number of thiol groups is 1. The molecule has 0 spiro atoms. The molecule has 5 rings (SSSR count). The van der Waals surface area contributed by atoms with Crippen molar-refractivity contribution in [3.8, 4) is 16.9 Å². The van der Waals surface area contributed by atoms with Crippen molar-refractivity contribution in [3.05, 3.63) is 108 Å². The third-order valence-corrected chi connectivity index (χ3v) is 7.76. The summed E-state index contributed by atoms with van der Waals surface area (Å²) in [5, 5.41) is 0. The van der Waals surface area contributed by atoms with Gasteiger partial charge in [-0.05, 0) is 64.9 Å². The first-order chi connectivity index (χ1) is 13.8. The lowest BCUT2D eigenvalue weighted by Crippen LogP contribution is -1.95. The molecule has 0 aromatic heterocycles. The highest BCUT2D eigenvalue weighted by atomic mass is 32.2. The number of hydrogen-bond donors (Lipinski definition) is 1. The van der Waals surface area contributed by atoms with Crippen LogP contribution in [0.4, 0.5) is 0 Å². The van der Waals surface area contributed by atoms with Gasteiger partial charge < -0.3 is 4.74 Å².